The van der Waals surface area contributed by atoms with E-state index in [1.54, 1.807) is 18.4 Å². The second kappa shape index (κ2) is 6.98. The third-order valence-electron chi connectivity index (χ3n) is 4.54. The van der Waals surface area contributed by atoms with Crippen LogP contribution in [0.2, 0.25) is 0 Å². The lowest BCUT2D eigenvalue weighted by Crippen LogP contribution is -2.33. The van der Waals surface area contributed by atoms with Crippen molar-refractivity contribution in [3.63, 3.8) is 0 Å². The van der Waals surface area contributed by atoms with Crippen molar-refractivity contribution in [3.8, 4) is 28.4 Å². The van der Waals surface area contributed by atoms with Crippen LogP contribution in [0.1, 0.15) is 36.8 Å². The Morgan fingerprint density at radius 2 is 2.18 bits per heavy atom. The molecule has 1 aliphatic heterocycles. The number of fused-ring (bicyclic) bond motifs is 3. The van der Waals surface area contributed by atoms with Crippen LogP contribution >= 0.6 is 11.3 Å². The van der Waals surface area contributed by atoms with Crippen molar-refractivity contribution in [1.29, 1.82) is 0 Å². The number of benzene rings is 1. The van der Waals surface area contributed by atoms with E-state index in [1.165, 1.54) is 0 Å². The van der Waals surface area contributed by atoms with Crippen molar-refractivity contribution in [2.24, 2.45) is 5.41 Å². The van der Waals surface area contributed by atoms with Crippen molar-refractivity contribution in [2.45, 2.75) is 27.4 Å². The van der Waals surface area contributed by atoms with Crippen LogP contribution in [-0.2, 0) is 6.61 Å². The van der Waals surface area contributed by atoms with Crippen molar-refractivity contribution in [2.75, 3.05) is 13.7 Å². The summed E-state index contributed by atoms with van der Waals surface area (Å²) in [5, 5.41) is 11.7. The summed E-state index contributed by atoms with van der Waals surface area (Å²) in [6.07, 6.45) is 0. The van der Waals surface area contributed by atoms with Gasteiger partial charge in [0.2, 0.25) is 0 Å². The summed E-state index contributed by atoms with van der Waals surface area (Å²) in [5.41, 5.74) is 3.92. The predicted octanol–water partition coefficient (Wildman–Crippen LogP) is 4.28. The van der Waals surface area contributed by atoms with Gasteiger partial charge in [0.15, 0.2) is 5.69 Å². The minimum Gasteiger partial charge on any atom is -0.497 e. The van der Waals surface area contributed by atoms with E-state index in [0.717, 1.165) is 34.0 Å². The third kappa shape index (κ3) is 3.38. The predicted molar refractivity (Wildman–Crippen MR) is 110 cm³/mol. The number of hydrogen-bond acceptors (Lipinski definition) is 5. The smallest absolute Gasteiger partial charge is 0.272 e. The van der Waals surface area contributed by atoms with Crippen molar-refractivity contribution in [3.05, 3.63) is 46.3 Å². The molecule has 1 N–H and O–H groups in total. The summed E-state index contributed by atoms with van der Waals surface area (Å²) in [6, 6.07) is 7.70. The van der Waals surface area contributed by atoms with E-state index in [9.17, 15) is 4.79 Å². The van der Waals surface area contributed by atoms with E-state index in [1.807, 2.05) is 39.7 Å². The van der Waals surface area contributed by atoms with Crippen LogP contribution in [0.5, 0.6) is 11.5 Å². The molecule has 0 unspecified atom stereocenters. The highest BCUT2D eigenvalue weighted by atomic mass is 32.1. The van der Waals surface area contributed by atoms with Gasteiger partial charge in [-0.3, -0.25) is 4.79 Å². The van der Waals surface area contributed by atoms with Crippen LogP contribution in [0.25, 0.3) is 16.9 Å². The first-order valence-electron chi connectivity index (χ1n) is 9.11. The van der Waals surface area contributed by atoms with E-state index in [0.29, 0.717) is 12.2 Å². The molecule has 28 heavy (non-hydrogen) atoms. The Kier molecular flexibility index (Phi) is 4.63. The average Bonchev–Trinajstić information content (AvgIpc) is 3.32. The fourth-order valence-corrected chi connectivity index (χ4v) is 3.75. The largest absolute Gasteiger partial charge is 0.497 e. The summed E-state index contributed by atoms with van der Waals surface area (Å²) in [7, 11) is 1.63. The lowest BCUT2D eigenvalue weighted by Gasteiger charge is -2.21. The Bertz CT molecular complexity index is 1020. The fourth-order valence-electron chi connectivity index (χ4n) is 3.13. The molecular weight excluding hydrogens is 374 g/mol. The second-order valence-corrected chi connectivity index (χ2v) is 8.74. The molecule has 0 atom stereocenters. The molecule has 3 aromatic rings. The number of nitrogens with zero attached hydrogens (tertiary/aromatic N) is 2. The first-order chi connectivity index (χ1) is 13.4. The molecule has 4 rings (SSSR count). The topological polar surface area (TPSA) is 65.4 Å². The molecule has 1 aliphatic rings. The summed E-state index contributed by atoms with van der Waals surface area (Å²) in [4.78, 5) is 12.9. The highest BCUT2D eigenvalue weighted by Gasteiger charge is 2.30. The van der Waals surface area contributed by atoms with Gasteiger partial charge in [0, 0.05) is 29.1 Å². The zero-order valence-corrected chi connectivity index (χ0v) is 17.2. The first kappa shape index (κ1) is 18.6. The van der Waals surface area contributed by atoms with Crippen LogP contribution in [0.4, 0.5) is 0 Å². The number of carbonyl (C=O) groups is 1. The Labute approximate surface area is 168 Å². The van der Waals surface area contributed by atoms with E-state index >= 15 is 0 Å². The average molecular weight is 398 g/mol. The number of thiophene rings is 1. The lowest BCUT2D eigenvalue weighted by atomic mass is 9.97. The molecule has 2 aromatic heterocycles. The standard InChI is InChI=1S/C21H23N3O3S/c1-21(2,3)12-22-20(25)18-16-10-27-17-9-14(26-4)5-6-15(17)19(16)24(23-18)13-7-8-28-11-13/h5-9,11H,10,12H2,1-4H3,(H,22,25). The van der Waals surface area contributed by atoms with Crippen molar-refractivity contribution in [1.82, 2.24) is 15.1 Å². The van der Waals surface area contributed by atoms with Gasteiger partial charge in [0.05, 0.1) is 18.5 Å². The Balaban J connectivity index is 1.82. The summed E-state index contributed by atoms with van der Waals surface area (Å²) < 4.78 is 13.1. The molecule has 0 saturated heterocycles. The van der Waals surface area contributed by atoms with Crippen LogP contribution < -0.4 is 14.8 Å². The lowest BCUT2D eigenvalue weighted by molar-refractivity contribution is 0.0931. The van der Waals surface area contributed by atoms with Gasteiger partial charge >= 0.3 is 0 Å². The van der Waals surface area contributed by atoms with E-state index < -0.39 is 0 Å². The summed E-state index contributed by atoms with van der Waals surface area (Å²) in [6.45, 7) is 7.11. The van der Waals surface area contributed by atoms with Gasteiger partial charge in [0.1, 0.15) is 18.1 Å². The molecule has 0 fully saturated rings. The monoisotopic (exact) mass is 397 g/mol. The molecule has 7 heteroatoms. The normalized spacial score (nSPS) is 12.7. The number of carbonyl (C=O) groups excluding carboxylic acids is 1. The number of ether oxygens (including phenoxy) is 2. The maximum atomic E-state index is 12.9. The number of methoxy groups -OCH3 is 1. The molecule has 1 amide bonds. The molecule has 0 bridgehead atoms. The van der Waals surface area contributed by atoms with Crippen LogP contribution in [0.15, 0.2) is 35.0 Å². The van der Waals surface area contributed by atoms with Crippen LogP contribution in [0.3, 0.4) is 0 Å². The maximum Gasteiger partial charge on any atom is 0.272 e. The Morgan fingerprint density at radius 1 is 1.36 bits per heavy atom. The maximum absolute atomic E-state index is 12.9. The van der Waals surface area contributed by atoms with Crippen LogP contribution in [0, 0.1) is 5.41 Å². The second-order valence-electron chi connectivity index (χ2n) is 7.96. The van der Waals surface area contributed by atoms with Crippen LogP contribution in [-0.4, -0.2) is 29.3 Å². The Morgan fingerprint density at radius 3 is 2.86 bits per heavy atom. The molecule has 0 saturated carbocycles. The molecule has 0 spiro atoms. The van der Waals surface area contributed by atoms with Gasteiger partial charge in [-0.15, -0.1) is 0 Å². The molecule has 1 aromatic carbocycles. The number of aromatic nitrogens is 2. The highest BCUT2D eigenvalue weighted by Crippen LogP contribution is 2.42. The number of hydrogen-bond donors (Lipinski definition) is 1. The Hall–Kier alpha value is -2.80. The molecule has 0 aliphatic carbocycles. The van der Waals surface area contributed by atoms with Gasteiger partial charge in [-0.25, -0.2) is 4.68 Å². The minimum absolute atomic E-state index is 0.00863. The summed E-state index contributed by atoms with van der Waals surface area (Å²) >= 11 is 1.59. The molecular formula is C21H23N3O3S. The van der Waals surface area contributed by atoms with Gasteiger partial charge in [-0.05, 0) is 29.0 Å². The van der Waals surface area contributed by atoms with Crippen molar-refractivity contribution >= 4 is 17.2 Å². The molecule has 6 nitrogen and oxygen atoms in total. The van der Waals surface area contributed by atoms with Gasteiger partial charge in [0.25, 0.3) is 5.91 Å². The summed E-state index contributed by atoms with van der Waals surface area (Å²) in [5.74, 6) is 1.28. The van der Waals surface area contributed by atoms with E-state index in [4.69, 9.17) is 9.47 Å². The van der Waals surface area contributed by atoms with Crippen molar-refractivity contribution < 1.29 is 14.3 Å². The SMILES string of the molecule is COc1ccc2c(c1)OCc1c(C(=O)NCC(C)(C)C)nn(-c3ccsc3)c1-2. The molecule has 146 valence electrons. The van der Waals surface area contributed by atoms with Gasteiger partial charge in [-0.1, -0.05) is 20.8 Å². The fraction of sp³-hybridized carbons (Fsp3) is 0.333. The first-order valence-corrected chi connectivity index (χ1v) is 10.1. The van der Waals surface area contributed by atoms with E-state index in [2.05, 4.69) is 31.2 Å². The number of rotatable bonds is 4. The molecule has 0 radical (unpaired) electrons. The molecule has 3 heterocycles. The van der Waals surface area contributed by atoms with Gasteiger partial charge < -0.3 is 14.8 Å². The highest BCUT2D eigenvalue weighted by molar-refractivity contribution is 7.08. The van der Waals surface area contributed by atoms with E-state index in [-0.39, 0.29) is 17.9 Å². The number of amides is 1. The third-order valence-corrected chi connectivity index (χ3v) is 5.22. The minimum atomic E-state index is -0.180. The number of nitrogens with one attached hydrogen (secondary N) is 1. The van der Waals surface area contributed by atoms with Gasteiger partial charge in [-0.2, -0.15) is 16.4 Å². The quantitative estimate of drug-likeness (QED) is 0.714. The zero-order valence-electron chi connectivity index (χ0n) is 16.4. The zero-order chi connectivity index (χ0) is 19.9.